The normalized spacial score (nSPS) is 11.6. The van der Waals surface area contributed by atoms with Crippen LogP contribution in [0.15, 0.2) is 35.7 Å². The lowest BCUT2D eigenvalue weighted by Crippen LogP contribution is -2.30. The van der Waals surface area contributed by atoms with Gasteiger partial charge in [0.25, 0.3) is 5.91 Å². The summed E-state index contributed by atoms with van der Waals surface area (Å²) in [7, 11) is 1.49. The van der Waals surface area contributed by atoms with Gasteiger partial charge >= 0.3 is 0 Å². The number of benzene rings is 1. The van der Waals surface area contributed by atoms with E-state index in [1.165, 1.54) is 14.0 Å². The minimum absolute atomic E-state index is 0.0580. The van der Waals surface area contributed by atoms with Crippen molar-refractivity contribution in [1.82, 2.24) is 5.32 Å². The van der Waals surface area contributed by atoms with Crippen LogP contribution in [0.2, 0.25) is 0 Å². The molecule has 0 radical (unpaired) electrons. The number of carbonyl (C=O) groups excluding carboxylic acids is 2. The summed E-state index contributed by atoms with van der Waals surface area (Å²) in [6.45, 7) is 3.28. The van der Waals surface area contributed by atoms with E-state index in [9.17, 15) is 9.59 Å². The van der Waals surface area contributed by atoms with Crippen LogP contribution in [-0.2, 0) is 4.79 Å². The Balaban J connectivity index is 1.95. The Morgan fingerprint density at radius 3 is 2.65 bits per heavy atom. The molecular formula is C17H19NO4S. The number of nitrogens with one attached hydrogen (secondary N) is 1. The van der Waals surface area contributed by atoms with E-state index in [1.807, 2.05) is 24.4 Å². The summed E-state index contributed by atoms with van der Waals surface area (Å²) in [4.78, 5) is 24.4. The SMILES string of the molecule is COc1cc(C(C)=O)ccc1OCC(=O)NC(C)c1cccs1. The third kappa shape index (κ3) is 4.56. The maximum absolute atomic E-state index is 12.0. The molecule has 0 fully saturated rings. The molecule has 6 heteroatoms. The van der Waals surface area contributed by atoms with Crippen LogP contribution in [-0.4, -0.2) is 25.4 Å². The van der Waals surface area contributed by atoms with E-state index in [-0.39, 0.29) is 24.3 Å². The number of ether oxygens (including phenoxy) is 2. The average Bonchev–Trinajstić information content (AvgIpc) is 3.07. The number of thiophene rings is 1. The Bertz CT molecular complexity index is 682. The number of Topliss-reactive ketones (excluding diaryl/α,β-unsaturated/α-hetero) is 1. The van der Waals surface area contributed by atoms with Gasteiger partial charge in [-0.1, -0.05) is 6.07 Å². The van der Waals surface area contributed by atoms with Crippen LogP contribution >= 0.6 is 11.3 Å². The molecule has 1 atom stereocenters. The fourth-order valence-electron chi connectivity index (χ4n) is 2.04. The summed E-state index contributed by atoms with van der Waals surface area (Å²) in [6.07, 6.45) is 0. The lowest BCUT2D eigenvalue weighted by Gasteiger charge is -2.14. The molecule has 0 saturated heterocycles. The molecule has 122 valence electrons. The Kier molecular flexibility index (Phi) is 5.76. The second-order valence-corrected chi connectivity index (χ2v) is 5.99. The smallest absolute Gasteiger partial charge is 0.258 e. The van der Waals surface area contributed by atoms with Crippen molar-refractivity contribution in [3.63, 3.8) is 0 Å². The predicted octanol–water partition coefficient (Wildman–Crippen LogP) is 3.22. The van der Waals surface area contributed by atoms with Crippen LogP contribution in [0, 0.1) is 0 Å². The van der Waals surface area contributed by atoms with E-state index in [0.29, 0.717) is 17.1 Å². The molecule has 0 aliphatic heterocycles. The molecule has 0 spiro atoms. The van der Waals surface area contributed by atoms with Gasteiger partial charge in [0, 0.05) is 10.4 Å². The van der Waals surface area contributed by atoms with E-state index < -0.39 is 0 Å². The first-order valence-electron chi connectivity index (χ1n) is 7.15. The number of hydrogen-bond acceptors (Lipinski definition) is 5. The highest BCUT2D eigenvalue weighted by atomic mass is 32.1. The van der Waals surface area contributed by atoms with Crippen molar-refractivity contribution in [2.45, 2.75) is 19.9 Å². The van der Waals surface area contributed by atoms with Gasteiger partial charge in [0.15, 0.2) is 23.9 Å². The van der Waals surface area contributed by atoms with Crippen LogP contribution in [0.4, 0.5) is 0 Å². The fraction of sp³-hybridized carbons (Fsp3) is 0.294. The van der Waals surface area contributed by atoms with E-state index >= 15 is 0 Å². The summed E-state index contributed by atoms with van der Waals surface area (Å²) in [5.41, 5.74) is 0.532. The van der Waals surface area contributed by atoms with Crippen molar-refractivity contribution in [3.05, 3.63) is 46.2 Å². The number of rotatable bonds is 7. The molecule has 0 aliphatic rings. The van der Waals surface area contributed by atoms with Crippen LogP contribution in [0.1, 0.15) is 35.1 Å². The van der Waals surface area contributed by atoms with Gasteiger partial charge in [-0.25, -0.2) is 0 Å². The lowest BCUT2D eigenvalue weighted by molar-refractivity contribution is -0.123. The Morgan fingerprint density at radius 2 is 2.04 bits per heavy atom. The number of amides is 1. The Hall–Kier alpha value is -2.34. The zero-order valence-corrected chi connectivity index (χ0v) is 14.1. The molecule has 1 amide bonds. The van der Waals surface area contributed by atoms with Gasteiger partial charge in [0.2, 0.25) is 0 Å². The summed E-state index contributed by atoms with van der Waals surface area (Å²) >= 11 is 1.59. The minimum atomic E-state index is -0.219. The lowest BCUT2D eigenvalue weighted by atomic mass is 10.1. The largest absolute Gasteiger partial charge is 0.493 e. The molecule has 1 heterocycles. The van der Waals surface area contributed by atoms with Gasteiger partial charge in [-0.05, 0) is 43.5 Å². The van der Waals surface area contributed by atoms with E-state index in [0.717, 1.165) is 4.88 Å². The first-order valence-corrected chi connectivity index (χ1v) is 8.03. The third-order valence-corrected chi connectivity index (χ3v) is 4.33. The zero-order valence-electron chi connectivity index (χ0n) is 13.3. The van der Waals surface area contributed by atoms with Gasteiger partial charge in [-0.3, -0.25) is 9.59 Å². The van der Waals surface area contributed by atoms with E-state index in [2.05, 4.69) is 5.32 Å². The second-order valence-electron chi connectivity index (χ2n) is 5.02. The highest BCUT2D eigenvalue weighted by molar-refractivity contribution is 7.10. The first kappa shape index (κ1) is 17.0. The molecule has 23 heavy (non-hydrogen) atoms. The number of ketones is 1. The van der Waals surface area contributed by atoms with Crippen LogP contribution in [0.3, 0.4) is 0 Å². The van der Waals surface area contributed by atoms with Gasteiger partial charge < -0.3 is 14.8 Å². The molecule has 0 bridgehead atoms. The average molecular weight is 333 g/mol. The van der Waals surface area contributed by atoms with Crippen LogP contribution in [0.25, 0.3) is 0 Å². The van der Waals surface area contributed by atoms with Gasteiger partial charge in [-0.2, -0.15) is 0 Å². The predicted molar refractivity (Wildman–Crippen MR) is 89.4 cm³/mol. The van der Waals surface area contributed by atoms with Gasteiger partial charge in [-0.15, -0.1) is 11.3 Å². The van der Waals surface area contributed by atoms with E-state index in [1.54, 1.807) is 29.5 Å². The molecular weight excluding hydrogens is 314 g/mol. The van der Waals surface area contributed by atoms with Crippen LogP contribution in [0.5, 0.6) is 11.5 Å². The quantitative estimate of drug-likeness (QED) is 0.790. The molecule has 1 aromatic carbocycles. The topological polar surface area (TPSA) is 64.6 Å². The molecule has 1 N–H and O–H groups in total. The molecule has 5 nitrogen and oxygen atoms in total. The Labute approximate surface area is 139 Å². The highest BCUT2D eigenvalue weighted by Gasteiger charge is 2.13. The number of hydrogen-bond donors (Lipinski definition) is 1. The maximum Gasteiger partial charge on any atom is 0.258 e. The van der Waals surface area contributed by atoms with Crippen molar-refractivity contribution < 1.29 is 19.1 Å². The van der Waals surface area contributed by atoms with Crippen molar-refractivity contribution in [2.24, 2.45) is 0 Å². The summed E-state index contributed by atoms with van der Waals surface area (Å²) in [5.74, 6) is 0.578. The number of methoxy groups -OCH3 is 1. The molecule has 2 aromatic rings. The first-order chi connectivity index (χ1) is 11.0. The van der Waals surface area contributed by atoms with Crippen molar-refractivity contribution in [1.29, 1.82) is 0 Å². The monoisotopic (exact) mass is 333 g/mol. The number of carbonyl (C=O) groups is 2. The third-order valence-electron chi connectivity index (χ3n) is 3.28. The van der Waals surface area contributed by atoms with Crippen molar-refractivity contribution in [2.75, 3.05) is 13.7 Å². The minimum Gasteiger partial charge on any atom is -0.493 e. The van der Waals surface area contributed by atoms with Gasteiger partial charge in [0.1, 0.15) is 0 Å². The van der Waals surface area contributed by atoms with Crippen molar-refractivity contribution in [3.8, 4) is 11.5 Å². The highest BCUT2D eigenvalue weighted by Crippen LogP contribution is 2.28. The standard InChI is InChI=1S/C17H19NO4S/c1-11(16-5-4-8-23-16)18-17(20)10-22-14-7-6-13(12(2)19)9-15(14)21-3/h4-9,11H,10H2,1-3H3,(H,18,20). The van der Waals surface area contributed by atoms with Crippen molar-refractivity contribution >= 4 is 23.0 Å². The summed E-state index contributed by atoms with van der Waals surface area (Å²) in [5, 5.41) is 4.84. The zero-order chi connectivity index (χ0) is 16.8. The van der Waals surface area contributed by atoms with E-state index in [4.69, 9.17) is 9.47 Å². The second kappa shape index (κ2) is 7.78. The molecule has 0 aliphatic carbocycles. The molecule has 1 unspecified atom stereocenters. The maximum atomic E-state index is 12.0. The molecule has 1 aromatic heterocycles. The molecule has 0 saturated carbocycles. The summed E-state index contributed by atoms with van der Waals surface area (Å²) < 4.78 is 10.7. The Morgan fingerprint density at radius 1 is 1.26 bits per heavy atom. The fourth-order valence-corrected chi connectivity index (χ4v) is 2.78. The summed E-state index contributed by atoms with van der Waals surface area (Å²) in [6, 6.07) is 8.73. The van der Waals surface area contributed by atoms with Gasteiger partial charge in [0.05, 0.1) is 13.2 Å². The van der Waals surface area contributed by atoms with Crippen LogP contribution < -0.4 is 14.8 Å². The molecule has 2 rings (SSSR count).